The summed E-state index contributed by atoms with van der Waals surface area (Å²) in [6.07, 6.45) is 14.1. The Balaban J connectivity index is 1.14. The standard InChI is InChI=1S/C30H23N5OS2/c1-2-4-26-25(3-1)19(16-34-26)9-23(35-30-12-22-14-32-8-6-28(22)38-30)18-36-24-10-20(15-33-17-24)29-11-21-13-31-7-5-27(21)37-29/h1-8,10-17,23,34-35H,9,18H2/t23-/m0/s1. The molecular formula is C30H23N5OS2. The number of H-pyrrole nitrogens is 1. The van der Waals surface area contributed by atoms with Crippen LogP contribution in [-0.2, 0) is 6.42 Å². The predicted octanol–water partition coefficient (Wildman–Crippen LogP) is 7.55. The number of aromatic amines is 1. The Kier molecular flexibility index (Phi) is 5.96. The monoisotopic (exact) mass is 533 g/mol. The van der Waals surface area contributed by atoms with Gasteiger partial charge >= 0.3 is 0 Å². The van der Waals surface area contributed by atoms with Crippen molar-refractivity contribution in [1.29, 1.82) is 0 Å². The average Bonchev–Trinajstić information content (AvgIpc) is 3.68. The molecule has 1 atom stereocenters. The lowest BCUT2D eigenvalue weighted by Crippen LogP contribution is -2.29. The smallest absolute Gasteiger partial charge is 0.138 e. The van der Waals surface area contributed by atoms with Gasteiger partial charge in [0.05, 0.1) is 17.2 Å². The van der Waals surface area contributed by atoms with Crippen LogP contribution >= 0.6 is 22.7 Å². The van der Waals surface area contributed by atoms with Crippen molar-refractivity contribution in [2.45, 2.75) is 12.5 Å². The maximum atomic E-state index is 6.36. The van der Waals surface area contributed by atoms with Crippen LogP contribution in [0.4, 0.5) is 5.00 Å². The molecule has 0 radical (unpaired) electrons. The third-order valence-electron chi connectivity index (χ3n) is 6.57. The molecule has 186 valence electrons. The minimum Gasteiger partial charge on any atom is -0.490 e. The molecule has 0 saturated heterocycles. The van der Waals surface area contributed by atoms with E-state index in [4.69, 9.17) is 4.74 Å². The first-order chi connectivity index (χ1) is 18.8. The first-order valence-electron chi connectivity index (χ1n) is 12.4. The fourth-order valence-electron chi connectivity index (χ4n) is 4.73. The van der Waals surface area contributed by atoms with Crippen LogP contribution in [0.1, 0.15) is 5.56 Å². The first-order valence-corrected chi connectivity index (χ1v) is 14.0. The van der Waals surface area contributed by atoms with Gasteiger partial charge in [-0.25, -0.2) is 0 Å². The Morgan fingerprint density at radius 2 is 1.66 bits per heavy atom. The van der Waals surface area contributed by atoms with Crippen molar-refractivity contribution in [3.8, 4) is 16.2 Å². The number of thiophene rings is 2. The summed E-state index contributed by atoms with van der Waals surface area (Å²) in [4.78, 5) is 17.5. The van der Waals surface area contributed by atoms with E-state index in [2.05, 4.69) is 80.0 Å². The Morgan fingerprint density at radius 3 is 2.50 bits per heavy atom. The number of pyridine rings is 3. The number of para-hydroxylation sites is 1. The molecule has 0 aliphatic heterocycles. The second-order valence-electron chi connectivity index (χ2n) is 9.17. The van der Waals surface area contributed by atoms with Gasteiger partial charge in [-0.3, -0.25) is 15.0 Å². The van der Waals surface area contributed by atoms with E-state index in [1.165, 1.54) is 20.3 Å². The normalized spacial score (nSPS) is 12.3. The van der Waals surface area contributed by atoms with Gasteiger partial charge in [-0.15, -0.1) is 22.7 Å². The fraction of sp³-hybridized carbons (Fsp3) is 0.100. The number of aromatic nitrogens is 4. The van der Waals surface area contributed by atoms with Crippen molar-refractivity contribution in [1.82, 2.24) is 19.9 Å². The van der Waals surface area contributed by atoms with E-state index in [1.54, 1.807) is 28.9 Å². The largest absolute Gasteiger partial charge is 0.490 e. The molecule has 7 rings (SSSR count). The molecule has 0 aliphatic carbocycles. The van der Waals surface area contributed by atoms with Crippen molar-refractivity contribution in [2.75, 3.05) is 11.9 Å². The molecule has 7 aromatic rings. The summed E-state index contributed by atoms with van der Waals surface area (Å²) in [5, 5.41) is 8.35. The lowest BCUT2D eigenvalue weighted by Gasteiger charge is -2.19. The molecule has 6 heterocycles. The molecule has 38 heavy (non-hydrogen) atoms. The Bertz CT molecular complexity index is 1810. The number of benzene rings is 1. The van der Waals surface area contributed by atoms with E-state index in [1.807, 2.05) is 37.1 Å². The minimum atomic E-state index is 0.0503. The van der Waals surface area contributed by atoms with Crippen LogP contribution in [0.5, 0.6) is 5.75 Å². The summed E-state index contributed by atoms with van der Waals surface area (Å²) in [5.41, 5.74) is 3.45. The summed E-state index contributed by atoms with van der Waals surface area (Å²) in [7, 11) is 0. The highest BCUT2D eigenvalue weighted by molar-refractivity contribution is 7.23. The van der Waals surface area contributed by atoms with E-state index < -0.39 is 0 Å². The van der Waals surface area contributed by atoms with Crippen molar-refractivity contribution >= 4 is 58.7 Å². The number of rotatable bonds is 8. The van der Waals surface area contributed by atoms with Crippen molar-refractivity contribution in [3.05, 3.63) is 104 Å². The fourth-order valence-corrected chi connectivity index (χ4v) is 6.75. The highest BCUT2D eigenvalue weighted by Crippen LogP contribution is 2.34. The van der Waals surface area contributed by atoms with Gasteiger partial charge in [-0.1, -0.05) is 18.2 Å². The van der Waals surface area contributed by atoms with E-state index in [0.29, 0.717) is 6.61 Å². The zero-order valence-corrected chi connectivity index (χ0v) is 21.9. The molecule has 6 aromatic heterocycles. The van der Waals surface area contributed by atoms with E-state index in [9.17, 15) is 0 Å². The topological polar surface area (TPSA) is 75.7 Å². The summed E-state index contributed by atoms with van der Waals surface area (Å²) in [6.45, 7) is 0.494. The number of hydrogen-bond acceptors (Lipinski definition) is 7. The minimum absolute atomic E-state index is 0.0503. The van der Waals surface area contributed by atoms with Gasteiger partial charge in [0.2, 0.25) is 0 Å². The molecule has 6 nitrogen and oxygen atoms in total. The molecule has 0 spiro atoms. The van der Waals surface area contributed by atoms with Gasteiger partial charge < -0.3 is 15.0 Å². The van der Waals surface area contributed by atoms with Crippen LogP contribution in [0.25, 0.3) is 41.5 Å². The summed E-state index contributed by atoms with van der Waals surface area (Å²) >= 11 is 3.47. The van der Waals surface area contributed by atoms with Crippen molar-refractivity contribution in [2.24, 2.45) is 0 Å². The third kappa shape index (κ3) is 4.60. The van der Waals surface area contributed by atoms with Crippen molar-refractivity contribution in [3.63, 3.8) is 0 Å². The molecule has 0 amide bonds. The number of nitrogens with one attached hydrogen (secondary N) is 2. The third-order valence-corrected chi connectivity index (χ3v) is 8.78. The van der Waals surface area contributed by atoms with Gasteiger partial charge in [0.1, 0.15) is 12.4 Å². The van der Waals surface area contributed by atoms with Crippen LogP contribution in [0.2, 0.25) is 0 Å². The molecule has 0 fully saturated rings. The maximum Gasteiger partial charge on any atom is 0.138 e. The highest BCUT2D eigenvalue weighted by Gasteiger charge is 2.16. The Labute approximate surface area is 227 Å². The molecule has 0 unspecified atom stereocenters. The molecule has 2 N–H and O–H groups in total. The van der Waals surface area contributed by atoms with Crippen LogP contribution < -0.4 is 10.1 Å². The van der Waals surface area contributed by atoms with Gasteiger partial charge in [-0.2, -0.15) is 0 Å². The van der Waals surface area contributed by atoms with Crippen LogP contribution in [0, 0.1) is 0 Å². The van der Waals surface area contributed by atoms with Gasteiger partial charge in [0, 0.05) is 78.7 Å². The summed E-state index contributed by atoms with van der Waals surface area (Å²) < 4.78 is 8.78. The predicted molar refractivity (Wildman–Crippen MR) is 157 cm³/mol. The summed E-state index contributed by atoms with van der Waals surface area (Å²) in [5.74, 6) is 0.754. The second kappa shape index (κ2) is 9.89. The molecule has 8 heteroatoms. The zero-order valence-electron chi connectivity index (χ0n) is 20.3. The van der Waals surface area contributed by atoms with Crippen LogP contribution in [0.3, 0.4) is 0 Å². The number of fused-ring (bicyclic) bond motifs is 3. The van der Waals surface area contributed by atoms with Crippen LogP contribution in [0.15, 0.2) is 98.0 Å². The molecule has 1 aromatic carbocycles. The number of anilines is 1. The summed E-state index contributed by atoms with van der Waals surface area (Å²) in [6, 6.07) is 18.9. The lowest BCUT2D eigenvalue weighted by molar-refractivity contribution is 0.295. The Morgan fingerprint density at radius 1 is 0.842 bits per heavy atom. The maximum absolute atomic E-state index is 6.36. The van der Waals surface area contributed by atoms with Gasteiger partial charge in [-0.05, 0) is 48.4 Å². The average molecular weight is 534 g/mol. The van der Waals surface area contributed by atoms with E-state index in [-0.39, 0.29) is 6.04 Å². The first kappa shape index (κ1) is 22.9. The number of hydrogen-bond donors (Lipinski definition) is 2. The molecular weight excluding hydrogens is 510 g/mol. The number of nitrogens with zero attached hydrogens (tertiary/aromatic N) is 3. The van der Waals surface area contributed by atoms with Gasteiger partial charge in [0.25, 0.3) is 0 Å². The highest BCUT2D eigenvalue weighted by atomic mass is 32.1. The van der Waals surface area contributed by atoms with E-state index >= 15 is 0 Å². The molecule has 0 saturated carbocycles. The van der Waals surface area contributed by atoms with Crippen molar-refractivity contribution < 1.29 is 4.74 Å². The van der Waals surface area contributed by atoms with Gasteiger partial charge in [0.15, 0.2) is 0 Å². The van der Waals surface area contributed by atoms with Crippen LogP contribution in [-0.4, -0.2) is 32.6 Å². The molecule has 0 aliphatic rings. The van der Waals surface area contributed by atoms with E-state index in [0.717, 1.165) is 43.9 Å². The second-order valence-corrected chi connectivity index (χ2v) is 11.3. The Hall–Kier alpha value is -4.27. The zero-order chi connectivity index (χ0) is 25.3. The SMILES string of the molecule is c1ccc2c(C[C@@H](COc3cncc(-c4cc5cnccc5s4)c3)Nc3cc4cnccc4s3)c[nH]c2c1. The molecule has 0 bridgehead atoms. The quantitative estimate of drug-likeness (QED) is 0.211. The number of ether oxygens (including phenoxy) is 1. The lowest BCUT2D eigenvalue weighted by atomic mass is 10.1.